The minimum absolute atomic E-state index is 0.857. The van der Waals surface area contributed by atoms with Gasteiger partial charge in [0.15, 0.2) is 5.58 Å². The molecule has 11 aromatic rings. The van der Waals surface area contributed by atoms with Gasteiger partial charge in [-0.25, -0.2) is 0 Å². The van der Waals surface area contributed by atoms with Gasteiger partial charge in [-0.15, -0.1) is 11.3 Å². The molecule has 0 saturated heterocycles. The number of furan rings is 1. The second-order valence-corrected chi connectivity index (χ2v) is 15.2. The number of anilines is 3. The van der Waals surface area contributed by atoms with Gasteiger partial charge in [-0.2, -0.15) is 0 Å². The molecule has 0 aliphatic heterocycles. The first kappa shape index (κ1) is 31.6. The van der Waals surface area contributed by atoms with E-state index in [-0.39, 0.29) is 0 Å². The maximum Gasteiger partial charge on any atom is 0.159 e. The Morgan fingerprint density at radius 1 is 0.345 bits per heavy atom. The Balaban J connectivity index is 1.09. The topological polar surface area (TPSA) is 16.4 Å². The van der Waals surface area contributed by atoms with Crippen molar-refractivity contribution in [2.24, 2.45) is 0 Å². The fraction of sp³-hybridized carbons (Fsp3) is 0. The summed E-state index contributed by atoms with van der Waals surface area (Å²) in [4.78, 5) is 2.35. The molecule has 55 heavy (non-hydrogen) atoms. The smallest absolute Gasteiger partial charge is 0.159 e. The maximum atomic E-state index is 6.98. The fourth-order valence-electron chi connectivity index (χ4n) is 8.16. The van der Waals surface area contributed by atoms with E-state index in [9.17, 15) is 0 Å². The lowest BCUT2D eigenvalue weighted by Crippen LogP contribution is -2.10. The summed E-state index contributed by atoms with van der Waals surface area (Å²) in [5.41, 5.74) is 11.8. The first-order valence-corrected chi connectivity index (χ1v) is 19.5. The Kier molecular flexibility index (Phi) is 7.39. The predicted molar refractivity (Wildman–Crippen MR) is 235 cm³/mol. The first-order valence-electron chi connectivity index (χ1n) is 18.7. The van der Waals surface area contributed by atoms with Crippen molar-refractivity contribution < 1.29 is 4.42 Å². The van der Waals surface area contributed by atoms with Crippen LogP contribution in [0.4, 0.5) is 17.1 Å². The zero-order valence-electron chi connectivity index (χ0n) is 29.8. The molecule has 0 aliphatic carbocycles. The molecule has 0 amide bonds. The standard InChI is InChI=1S/C52H33NOS/c1-2-12-36(13-3-1)43-18-9-19-45-46-20-10-21-48(52(46)54-51(43)45)53(41-28-25-35(26-29-41)39-24-23-34-11-4-5-14-37(34)31-39)42-16-8-15-38(32-42)40-27-30-50-47(33-40)44-17-6-7-22-49(44)55-50/h1-33H. The van der Waals surface area contributed by atoms with Crippen LogP contribution in [0.1, 0.15) is 0 Å². The molecular formula is C52H33NOS. The lowest BCUT2D eigenvalue weighted by molar-refractivity contribution is 0.670. The molecule has 11 rings (SSSR count). The first-order chi connectivity index (χ1) is 27.2. The summed E-state index contributed by atoms with van der Waals surface area (Å²) in [6.07, 6.45) is 0. The third kappa shape index (κ3) is 5.40. The number of thiophene rings is 1. The summed E-state index contributed by atoms with van der Waals surface area (Å²) in [7, 11) is 0. The third-order valence-electron chi connectivity index (χ3n) is 10.9. The van der Waals surface area contributed by atoms with Gasteiger partial charge in [0.25, 0.3) is 0 Å². The number of hydrogen-bond donors (Lipinski definition) is 0. The normalized spacial score (nSPS) is 11.6. The molecule has 0 saturated carbocycles. The molecule has 0 unspecified atom stereocenters. The van der Waals surface area contributed by atoms with Gasteiger partial charge in [0.1, 0.15) is 5.58 Å². The number of hydrogen-bond acceptors (Lipinski definition) is 3. The highest BCUT2D eigenvalue weighted by Crippen LogP contribution is 2.45. The Morgan fingerprint density at radius 2 is 0.982 bits per heavy atom. The van der Waals surface area contributed by atoms with Crippen molar-refractivity contribution in [3.05, 3.63) is 200 Å². The van der Waals surface area contributed by atoms with E-state index in [0.717, 1.165) is 55.7 Å². The molecule has 9 aromatic carbocycles. The molecular weight excluding hydrogens is 687 g/mol. The fourth-order valence-corrected chi connectivity index (χ4v) is 9.24. The van der Waals surface area contributed by atoms with E-state index in [1.54, 1.807) is 0 Å². The van der Waals surface area contributed by atoms with Crippen LogP contribution in [-0.2, 0) is 0 Å². The van der Waals surface area contributed by atoms with Crippen LogP contribution in [-0.4, -0.2) is 0 Å². The van der Waals surface area contributed by atoms with E-state index >= 15 is 0 Å². The van der Waals surface area contributed by atoms with E-state index in [4.69, 9.17) is 4.42 Å². The molecule has 258 valence electrons. The SMILES string of the molecule is c1ccc(-c2cccc3c2oc2c(N(c4ccc(-c5ccc6ccccc6c5)cc4)c4cccc(-c5ccc6sc7ccccc7c6c5)c4)cccc23)cc1. The lowest BCUT2D eigenvalue weighted by atomic mass is 10.00. The summed E-state index contributed by atoms with van der Waals surface area (Å²) >= 11 is 1.85. The quantitative estimate of drug-likeness (QED) is 0.170. The van der Waals surface area contributed by atoms with Gasteiger partial charge in [-0.3, -0.25) is 0 Å². The molecule has 0 bridgehead atoms. The Labute approximate surface area is 322 Å². The highest BCUT2D eigenvalue weighted by Gasteiger charge is 2.21. The van der Waals surface area contributed by atoms with E-state index in [1.165, 1.54) is 47.6 Å². The van der Waals surface area contributed by atoms with E-state index in [1.807, 2.05) is 11.3 Å². The van der Waals surface area contributed by atoms with Crippen molar-refractivity contribution in [2.75, 3.05) is 4.90 Å². The van der Waals surface area contributed by atoms with E-state index < -0.39 is 0 Å². The second-order valence-electron chi connectivity index (χ2n) is 14.1. The summed E-state index contributed by atoms with van der Waals surface area (Å²) in [5, 5.41) is 7.28. The molecule has 3 heteroatoms. The van der Waals surface area contributed by atoms with Crippen molar-refractivity contribution in [1.29, 1.82) is 0 Å². The number of para-hydroxylation sites is 2. The summed E-state index contributed by atoms with van der Waals surface area (Å²) < 4.78 is 9.60. The number of fused-ring (bicyclic) bond motifs is 7. The van der Waals surface area contributed by atoms with Gasteiger partial charge < -0.3 is 9.32 Å². The van der Waals surface area contributed by atoms with Crippen molar-refractivity contribution in [2.45, 2.75) is 0 Å². The van der Waals surface area contributed by atoms with Crippen molar-refractivity contribution in [1.82, 2.24) is 0 Å². The zero-order chi connectivity index (χ0) is 36.3. The minimum Gasteiger partial charge on any atom is -0.453 e. The van der Waals surface area contributed by atoms with Gasteiger partial charge in [-0.05, 0) is 93.2 Å². The van der Waals surface area contributed by atoms with Crippen LogP contribution in [0.3, 0.4) is 0 Å². The molecule has 0 radical (unpaired) electrons. The zero-order valence-corrected chi connectivity index (χ0v) is 30.6. The van der Waals surface area contributed by atoms with Crippen LogP contribution in [0, 0.1) is 0 Å². The van der Waals surface area contributed by atoms with Crippen LogP contribution in [0.5, 0.6) is 0 Å². The molecule has 0 aliphatic rings. The van der Waals surface area contributed by atoms with Crippen LogP contribution in [0.25, 0.3) is 86.3 Å². The highest BCUT2D eigenvalue weighted by molar-refractivity contribution is 7.25. The predicted octanol–water partition coefficient (Wildman–Crippen LogP) is 15.6. The highest BCUT2D eigenvalue weighted by atomic mass is 32.1. The van der Waals surface area contributed by atoms with Crippen molar-refractivity contribution >= 4 is 81.3 Å². The number of benzene rings is 9. The van der Waals surface area contributed by atoms with Gasteiger partial charge in [0, 0.05) is 47.9 Å². The monoisotopic (exact) mass is 719 g/mol. The third-order valence-corrected chi connectivity index (χ3v) is 12.0. The largest absolute Gasteiger partial charge is 0.453 e. The average Bonchev–Trinajstić information content (AvgIpc) is 3.83. The molecule has 0 fully saturated rings. The number of nitrogens with zero attached hydrogens (tertiary/aromatic N) is 1. The minimum atomic E-state index is 0.857. The average molecular weight is 720 g/mol. The van der Waals surface area contributed by atoms with Gasteiger partial charge in [0.2, 0.25) is 0 Å². The molecule has 2 heterocycles. The van der Waals surface area contributed by atoms with Crippen molar-refractivity contribution in [3.63, 3.8) is 0 Å². The Morgan fingerprint density at radius 3 is 1.87 bits per heavy atom. The Hall–Kier alpha value is -6.94. The molecule has 0 spiro atoms. The van der Waals surface area contributed by atoms with Gasteiger partial charge in [0.05, 0.1) is 5.69 Å². The van der Waals surface area contributed by atoms with Gasteiger partial charge >= 0.3 is 0 Å². The van der Waals surface area contributed by atoms with E-state index in [0.29, 0.717) is 0 Å². The molecule has 0 atom stereocenters. The van der Waals surface area contributed by atoms with Crippen molar-refractivity contribution in [3.8, 4) is 33.4 Å². The summed E-state index contributed by atoms with van der Waals surface area (Å²) in [5.74, 6) is 0. The van der Waals surface area contributed by atoms with E-state index in [2.05, 4.69) is 205 Å². The molecule has 2 aromatic heterocycles. The van der Waals surface area contributed by atoms with Gasteiger partial charge in [-0.1, -0.05) is 146 Å². The molecule has 0 N–H and O–H groups in total. The lowest BCUT2D eigenvalue weighted by Gasteiger charge is -2.26. The van der Waals surface area contributed by atoms with Crippen LogP contribution >= 0.6 is 11.3 Å². The maximum absolute atomic E-state index is 6.98. The van der Waals surface area contributed by atoms with Crippen LogP contribution in [0.2, 0.25) is 0 Å². The summed E-state index contributed by atoms with van der Waals surface area (Å²) in [6, 6.07) is 72.1. The Bertz CT molecular complexity index is 3210. The van der Waals surface area contributed by atoms with Crippen LogP contribution in [0.15, 0.2) is 205 Å². The second kappa shape index (κ2) is 12.9. The molecule has 2 nitrogen and oxygen atoms in total. The summed E-state index contributed by atoms with van der Waals surface area (Å²) in [6.45, 7) is 0. The number of rotatable bonds is 6. The van der Waals surface area contributed by atoms with Crippen LogP contribution < -0.4 is 4.90 Å².